The van der Waals surface area contributed by atoms with E-state index in [-0.39, 0.29) is 80.9 Å². The molecule has 1 aliphatic rings. The normalized spacial score (nSPS) is 12.9. The molecule has 2 amide bonds. The fourth-order valence-electron chi connectivity index (χ4n) is 4.56. The Morgan fingerprint density at radius 3 is 2.38 bits per heavy atom. The third kappa shape index (κ3) is 8.32. The molecule has 1 saturated carbocycles. The first kappa shape index (κ1) is 34.6. The molecule has 0 radical (unpaired) electrons. The number of pyridine rings is 1. The summed E-state index contributed by atoms with van der Waals surface area (Å²) in [4.78, 5) is 41.2. The van der Waals surface area contributed by atoms with Crippen LogP contribution in [0, 0.1) is 11.2 Å². The molecule has 1 aromatic heterocycles. The van der Waals surface area contributed by atoms with E-state index in [2.05, 4.69) is 15.6 Å². The van der Waals surface area contributed by atoms with Crippen molar-refractivity contribution in [1.29, 1.82) is 0 Å². The second-order valence-electron chi connectivity index (χ2n) is 10.2. The van der Waals surface area contributed by atoms with Gasteiger partial charge in [-0.1, -0.05) is 17.7 Å². The molecule has 0 unspecified atom stereocenters. The fraction of sp³-hybridized carbons (Fsp3) is 0.250. The number of nitrogens with zero attached hydrogens (tertiary/aromatic N) is 1. The zero-order valence-electron chi connectivity index (χ0n) is 24.7. The van der Waals surface area contributed by atoms with Crippen LogP contribution in [0.4, 0.5) is 15.8 Å². The number of anilines is 2. The van der Waals surface area contributed by atoms with Crippen molar-refractivity contribution in [3.63, 3.8) is 0 Å². The topological polar surface area (TPSA) is 139 Å². The molecule has 2 N–H and O–H groups in total. The van der Waals surface area contributed by atoms with Gasteiger partial charge in [0.2, 0.25) is 11.8 Å². The Kier molecular flexibility index (Phi) is 11.8. The van der Waals surface area contributed by atoms with E-state index in [9.17, 15) is 23.9 Å². The molecule has 0 bridgehead atoms. The Hall–Kier alpha value is -3.26. The Morgan fingerprint density at radius 2 is 1.69 bits per heavy atom. The van der Waals surface area contributed by atoms with E-state index in [0.717, 1.165) is 0 Å². The number of hydrogen-bond donors (Lipinski definition) is 2. The molecule has 0 aliphatic heterocycles. The van der Waals surface area contributed by atoms with Crippen molar-refractivity contribution < 1.29 is 89.5 Å². The molecule has 1 fully saturated rings. The van der Waals surface area contributed by atoms with Gasteiger partial charge in [-0.05, 0) is 80.6 Å². The van der Waals surface area contributed by atoms with Crippen LogP contribution in [0.3, 0.4) is 0 Å². The number of nitrogens with one attached hydrogen (secondary N) is 2. The largest absolute Gasteiger partial charge is 1.00 e. The van der Waals surface area contributed by atoms with Gasteiger partial charge < -0.3 is 34.7 Å². The van der Waals surface area contributed by atoms with Crippen LogP contribution in [0.2, 0.25) is 5.02 Å². The number of halogens is 2. The third-order valence-corrected chi connectivity index (χ3v) is 7.56. The van der Waals surface area contributed by atoms with E-state index >= 15 is 0 Å². The van der Waals surface area contributed by atoms with Crippen molar-refractivity contribution in [2.75, 3.05) is 24.4 Å². The average molecular weight is 660 g/mol. The smallest absolute Gasteiger partial charge is 0.550 e. The van der Waals surface area contributed by atoms with Gasteiger partial charge in [0.05, 0.1) is 24.9 Å². The molecule has 0 spiro atoms. The number of fused-ring (bicyclic) bond motifs is 1. The van der Waals surface area contributed by atoms with Gasteiger partial charge in [0.15, 0.2) is 11.5 Å². The molecule has 4 aromatic rings. The predicted molar refractivity (Wildman–Crippen MR) is 160 cm³/mol. The molecule has 13 heteroatoms. The van der Waals surface area contributed by atoms with Gasteiger partial charge in [-0.25, -0.2) is 4.39 Å². The van der Waals surface area contributed by atoms with Crippen LogP contribution in [0.25, 0.3) is 10.9 Å². The number of hydrogen-bond acceptors (Lipinski definition) is 8. The number of methoxy groups -OCH3 is 1. The van der Waals surface area contributed by atoms with E-state index in [0.29, 0.717) is 59.5 Å². The number of ether oxygens (including phenoxy) is 3. The first-order valence-corrected chi connectivity index (χ1v) is 14.2. The maximum Gasteiger partial charge on any atom is 1.00 e. The van der Waals surface area contributed by atoms with Gasteiger partial charge in [-0.2, -0.15) is 0 Å². The maximum atomic E-state index is 13.2. The number of rotatable bonds is 13. The van der Waals surface area contributed by atoms with Crippen LogP contribution in [0.1, 0.15) is 32.1 Å². The number of carboxylic acid groups (broad SMARTS) is 1. The number of unbranched alkanes of at least 4 members (excludes halogenated alkanes) is 1. The first-order valence-electron chi connectivity index (χ1n) is 13.8. The Morgan fingerprint density at radius 1 is 0.956 bits per heavy atom. The van der Waals surface area contributed by atoms with Gasteiger partial charge in [0.1, 0.15) is 27.8 Å². The van der Waals surface area contributed by atoms with Crippen molar-refractivity contribution in [3.8, 4) is 23.0 Å². The van der Waals surface area contributed by atoms with E-state index < -0.39 is 29.0 Å². The van der Waals surface area contributed by atoms with Crippen LogP contribution < -0.4 is 81.3 Å². The van der Waals surface area contributed by atoms with Crippen molar-refractivity contribution in [3.05, 3.63) is 77.7 Å². The van der Waals surface area contributed by atoms with Gasteiger partial charge >= 0.3 is 51.4 Å². The minimum absolute atomic E-state index is 0. The molecular formula is C32H28ClFKN3O7. The molecule has 228 valence electrons. The van der Waals surface area contributed by atoms with Crippen LogP contribution in [0.5, 0.6) is 23.0 Å². The number of carbonyl (C=O) groups is 3. The van der Waals surface area contributed by atoms with Crippen LogP contribution in [0.15, 0.2) is 66.9 Å². The molecule has 45 heavy (non-hydrogen) atoms. The van der Waals surface area contributed by atoms with E-state index in [1.165, 1.54) is 31.4 Å². The standard InChI is InChI=1S/C32H29ClFN3O7.K/c1-42-26-17-21-23(18-27(26)43-16-3-2-7-28(38)39)35-15-12-24(21)44-25-6-4-5-22(29(25)33)37-31(41)32(13-14-32)30(40)36-20-10-8-19(34)9-11-20;/h4-6,8-12,15,17-18H,2-3,7,13-14,16H2,1H3,(H,36,40)(H,37,41)(H,38,39);/q;+1/p-1. The summed E-state index contributed by atoms with van der Waals surface area (Å²) in [6.45, 7) is 0.286. The van der Waals surface area contributed by atoms with Gasteiger partial charge in [-0.15, -0.1) is 0 Å². The Labute approximate surface area is 306 Å². The first-order chi connectivity index (χ1) is 21.2. The number of benzene rings is 3. The molecule has 10 nitrogen and oxygen atoms in total. The monoisotopic (exact) mass is 659 g/mol. The minimum atomic E-state index is -1.26. The number of carboxylic acids is 1. The average Bonchev–Trinajstić information content (AvgIpc) is 3.82. The van der Waals surface area contributed by atoms with Crippen LogP contribution in [-0.2, 0) is 14.4 Å². The molecule has 0 atom stereocenters. The van der Waals surface area contributed by atoms with Gasteiger partial charge in [0, 0.05) is 29.3 Å². The summed E-state index contributed by atoms with van der Waals surface area (Å²) in [5.74, 6) is -0.992. The fourth-order valence-corrected chi connectivity index (χ4v) is 4.77. The summed E-state index contributed by atoms with van der Waals surface area (Å²) >= 11 is 6.66. The van der Waals surface area contributed by atoms with Crippen molar-refractivity contribution in [2.24, 2.45) is 5.41 Å². The molecule has 1 aliphatic carbocycles. The summed E-state index contributed by atoms with van der Waals surface area (Å²) in [5.41, 5.74) is -0.0613. The number of aromatic nitrogens is 1. The molecule has 0 saturated heterocycles. The summed E-state index contributed by atoms with van der Waals surface area (Å²) in [5, 5.41) is 16.8. The third-order valence-electron chi connectivity index (χ3n) is 7.17. The second kappa shape index (κ2) is 15.3. The SMILES string of the molecule is COc1cc2c(Oc3cccc(NC(=O)C4(C(=O)Nc5ccc(F)cc5)CC4)c3Cl)ccnc2cc1OCCCCC(=O)[O-].[K+]. The van der Waals surface area contributed by atoms with Crippen LogP contribution >= 0.6 is 11.6 Å². The summed E-state index contributed by atoms with van der Waals surface area (Å²) < 4.78 is 30.7. The number of carbonyl (C=O) groups excluding carboxylic acids is 3. The Balaban J connectivity index is 0.00000461. The van der Waals surface area contributed by atoms with Crippen LogP contribution in [-0.4, -0.2) is 36.5 Å². The zero-order chi connectivity index (χ0) is 31.3. The zero-order valence-corrected chi connectivity index (χ0v) is 28.5. The molecule has 1 heterocycles. The van der Waals surface area contributed by atoms with Crippen molar-refractivity contribution in [1.82, 2.24) is 4.98 Å². The minimum Gasteiger partial charge on any atom is -0.550 e. The van der Waals surface area contributed by atoms with E-state index in [4.69, 9.17) is 25.8 Å². The molecule has 3 aromatic carbocycles. The van der Waals surface area contributed by atoms with Gasteiger partial charge in [0.25, 0.3) is 0 Å². The maximum absolute atomic E-state index is 13.2. The van der Waals surface area contributed by atoms with E-state index in [1.54, 1.807) is 42.6 Å². The van der Waals surface area contributed by atoms with Gasteiger partial charge in [-0.3, -0.25) is 14.6 Å². The molecule has 5 rings (SSSR count). The summed E-state index contributed by atoms with van der Waals surface area (Å²) in [7, 11) is 1.50. The quantitative estimate of drug-likeness (QED) is 0.127. The predicted octanol–water partition coefficient (Wildman–Crippen LogP) is 2.49. The Bertz CT molecular complexity index is 1720. The second-order valence-corrected chi connectivity index (χ2v) is 10.6. The number of amides is 2. The molecular weight excluding hydrogens is 632 g/mol. The van der Waals surface area contributed by atoms with Crippen molar-refractivity contribution >= 4 is 51.7 Å². The van der Waals surface area contributed by atoms with Crippen molar-refractivity contribution in [2.45, 2.75) is 32.1 Å². The van der Waals surface area contributed by atoms with E-state index in [1.807, 2.05) is 0 Å². The summed E-state index contributed by atoms with van der Waals surface area (Å²) in [6.07, 6.45) is 3.19. The number of aliphatic carboxylic acids is 1. The summed E-state index contributed by atoms with van der Waals surface area (Å²) in [6, 6.07) is 15.3.